The molecule has 4 heteroatoms. The zero-order valence-corrected chi connectivity index (χ0v) is 15.2. The van der Waals surface area contributed by atoms with Gasteiger partial charge in [-0.05, 0) is 19.3 Å². The maximum Gasteiger partial charge on any atom is 0.270 e. The van der Waals surface area contributed by atoms with Gasteiger partial charge in [0, 0.05) is 0 Å². The Hall–Kier alpha value is -0.0900. The van der Waals surface area contributed by atoms with Crippen LogP contribution in [0.5, 0.6) is 0 Å². The van der Waals surface area contributed by atoms with Crippen LogP contribution in [0.25, 0.3) is 0 Å². The van der Waals surface area contributed by atoms with E-state index in [1.54, 1.807) is 0 Å². The minimum Gasteiger partial charge on any atom is -0.285 e. The van der Waals surface area contributed by atoms with E-state index in [1.807, 2.05) is 0 Å². The maximum absolute atomic E-state index is 12.1. The number of hydrogen-bond acceptors (Lipinski definition) is 2. The molecule has 0 heterocycles. The highest BCUT2D eigenvalue weighted by molar-refractivity contribution is 7.87. The molecule has 3 nitrogen and oxygen atoms in total. The second-order valence-corrected chi connectivity index (χ2v) is 8.20. The van der Waals surface area contributed by atoms with Crippen LogP contribution in [0.4, 0.5) is 0 Å². The van der Waals surface area contributed by atoms with Gasteiger partial charge in [0.25, 0.3) is 10.1 Å². The van der Waals surface area contributed by atoms with Crippen LogP contribution in [0, 0.1) is 0 Å². The second kappa shape index (κ2) is 11.5. The largest absolute Gasteiger partial charge is 0.285 e. The van der Waals surface area contributed by atoms with Gasteiger partial charge in [0.05, 0.1) is 4.75 Å². The van der Waals surface area contributed by atoms with Gasteiger partial charge in [0.2, 0.25) is 0 Å². The summed E-state index contributed by atoms with van der Waals surface area (Å²) in [6.45, 7) is 6.39. The van der Waals surface area contributed by atoms with Crippen LogP contribution in [-0.2, 0) is 10.1 Å². The summed E-state index contributed by atoms with van der Waals surface area (Å²) in [7, 11) is -3.97. The molecule has 0 aromatic carbocycles. The van der Waals surface area contributed by atoms with E-state index in [4.69, 9.17) is 0 Å². The van der Waals surface area contributed by atoms with Gasteiger partial charge in [-0.25, -0.2) is 0 Å². The third kappa shape index (κ3) is 8.20. The fourth-order valence-electron chi connectivity index (χ4n) is 3.03. The van der Waals surface area contributed by atoms with E-state index in [0.29, 0.717) is 19.3 Å². The molecule has 128 valence electrons. The van der Waals surface area contributed by atoms with Crippen molar-refractivity contribution in [2.45, 2.75) is 109 Å². The average Bonchev–Trinajstić information content (AvgIpc) is 2.42. The molecule has 0 aliphatic heterocycles. The smallest absolute Gasteiger partial charge is 0.270 e. The molecule has 0 saturated heterocycles. The Morgan fingerprint density at radius 1 is 0.667 bits per heavy atom. The van der Waals surface area contributed by atoms with Crippen molar-refractivity contribution in [3.63, 3.8) is 0 Å². The molecule has 0 bridgehead atoms. The van der Waals surface area contributed by atoms with Gasteiger partial charge in [-0.15, -0.1) is 0 Å². The topological polar surface area (TPSA) is 54.4 Å². The summed E-state index contributed by atoms with van der Waals surface area (Å²) in [4.78, 5) is 0. The van der Waals surface area contributed by atoms with Crippen LogP contribution in [0.2, 0.25) is 0 Å². The van der Waals surface area contributed by atoms with Crippen molar-refractivity contribution < 1.29 is 13.0 Å². The van der Waals surface area contributed by atoms with Crippen LogP contribution in [0.15, 0.2) is 0 Å². The van der Waals surface area contributed by atoms with Gasteiger partial charge in [0.1, 0.15) is 0 Å². The summed E-state index contributed by atoms with van der Waals surface area (Å²) < 4.78 is 33.1. The molecule has 0 radical (unpaired) electrons. The highest BCUT2D eigenvalue weighted by atomic mass is 32.2. The van der Waals surface area contributed by atoms with E-state index < -0.39 is 14.9 Å². The normalized spacial score (nSPS) is 12.8. The number of hydrogen-bond donors (Lipinski definition) is 1. The van der Waals surface area contributed by atoms with Crippen molar-refractivity contribution in [1.82, 2.24) is 0 Å². The highest BCUT2D eigenvalue weighted by Crippen LogP contribution is 2.35. The Labute approximate surface area is 132 Å². The molecule has 0 amide bonds. The lowest BCUT2D eigenvalue weighted by molar-refractivity contribution is 0.346. The van der Waals surface area contributed by atoms with Crippen LogP contribution in [0.1, 0.15) is 104 Å². The lowest BCUT2D eigenvalue weighted by Crippen LogP contribution is -2.38. The van der Waals surface area contributed by atoms with E-state index in [1.165, 1.54) is 0 Å². The van der Waals surface area contributed by atoms with Crippen molar-refractivity contribution >= 4 is 10.1 Å². The fraction of sp³-hybridized carbons (Fsp3) is 1.00. The summed E-state index contributed by atoms with van der Waals surface area (Å²) in [5.41, 5.74) is 0. The summed E-state index contributed by atoms with van der Waals surface area (Å²) >= 11 is 0. The minimum absolute atomic E-state index is 0.621. The van der Waals surface area contributed by atoms with E-state index in [9.17, 15) is 13.0 Å². The molecule has 0 atom stereocenters. The molecule has 0 aliphatic carbocycles. The van der Waals surface area contributed by atoms with Crippen LogP contribution in [-0.4, -0.2) is 17.7 Å². The Balaban J connectivity index is 4.83. The number of rotatable bonds is 14. The van der Waals surface area contributed by atoms with Crippen molar-refractivity contribution in [2.24, 2.45) is 0 Å². The molecular formula is C17H36O3S. The third-order valence-electron chi connectivity index (χ3n) is 4.51. The molecule has 0 spiro atoms. The van der Waals surface area contributed by atoms with E-state index in [2.05, 4.69) is 20.8 Å². The van der Waals surface area contributed by atoms with Crippen LogP contribution < -0.4 is 0 Å². The zero-order valence-electron chi connectivity index (χ0n) is 14.4. The maximum atomic E-state index is 12.1. The Kier molecular flexibility index (Phi) is 11.4. The summed E-state index contributed by atoms with van der Waals surface area (Å²) in [6.07, 6.45) is 12.2. The van der Waals surface area contributed by atoms with Gasteiger partial charge < -0.3 is 0 Å². The first-order chi connectivity index (χ1) is 9.93. The van der Waals surface area contributed by atoms with Crippen molar-refractivity contribution in [1.29, 1.82) is 0 Å². The van der Waals surface area contributed by atoms with Crippen LogP contribution >= 0.6 is 0 Å². The van der Waals surface area contributed by atoms with E-state index in [-0.39, 0.29) is 0 Å². The fourth-order valence-corrected chi connectivity index (χ4v) is 4.24. The molecule has 0 fully saturated rings. The van der Waals surface area contributed by atoms with Crippen molar-refractivity contribution in [3.05, 3.63) is 0 Å². The summed E-state index contributed by atoms with van der Waals surface area (Å²) in [5, 5.41) is 0. The van der Waals surface area contributed by atoms with Gasteiger partial charge in [0.15, 0.2) is 0 Å². The zero-order chi connectivity index (χ0) is 16.2. The molecule has 21 heavy (non-hydrogen) atoms. The van der Waals surface area contributed by atoms with Gasteiger partial charge in [-0.3, -0.25) is 4.55 Å². The monoisotopic (exact) mass is 320 g/mol. The Morgan fingerprint density at radius 3 is 1.33 bits per heavy atom. The first-order valence-electron chi connectivity index (χ1n) is 8.90. The minimum atomic E-state index is -3.97. The third-order valence-corrected chi connectivity index (χ3v) is 6.21. The first kappa shape index (κ1) is 20.9. The molecule has 0 rings (SSSR count). The lowest BCUT2D eigenvalue weighted by atomic mass is 9.89. The molecule has 0 unspecified atom stereocenters. The molecule has 0 aliphatic rings. The molecular weight excluding hydrogens is 284 g/mol. The Morgan fingerprint density at radius 2 is 1.00 bits per heavy atom. The standard InChI is InChI=1S/C17H36O3S/c1-4-7-10-13-16-17(21(18,19)20,14-11-8-5-2)15-12-9-6-3/h4-16H2,1-3H3,(H,18,19,20). The molecule has 0 saturated carbocycles. The molecule has 0 aromatic heterocycles. The summed E-state index contributed by atoms with van der Waals surface area (Å²) in [5.74, 6) is 0. The second-order valence-electron chi connectivity index (χ2n) is 6.38. The lowest BCUT2D eigenvalue weighted by Gasteiger charge is -2.31. The highest BCUT2D eigenvalue weighted by Gasteiger charge is 2.40. The van der Waals surface area contributed by atoms with E-state index >= 15 is 0 Å². The van der Waals surface area contributed by atoms with Gasteiger partial charge in [-0.2, -0.15) is 8.42 Å². The molecule has 0 aromatic rings. The average molecular weight is 321 g/mol. The molecule has 1 N–H and O–H groups in total. The Bertz CT molecular complexity index is 326. The van der Waals surface area contributed by atoms with Gasteiger partial charge >= 0.3 is 0 Å². The van der Waals surface area contributed by atoms with Crippen molar-refractivity contribution in [3.8, 4) is 0 Å². The van der Waals surface area contributed by atoms with Crippen molar-refractivity contribution in [2.75, 3.05) is 0 Å². The number of unbranched alkanes of at least 4 members (excludes halogenated alkanes) is 7. The van der Waals surface area contributed by atoms with E-state index in [0.717, 1.165) is 64.2 Å². The predicted octanol–water partition coefficient (Wildman–Crippen LogP) is 5.74. The summed E-state index contributed by atoms with van der Waals surface area (Å²) in [6, 6.07) is 0. The van der Waals surface area contributed by atoms with Gasteiger partial charge in [-0.1, -0.05) is 85.0 Å². The first-order valence-corrected chi connectivity index (χ1v) is 10.3. The predicted molar refractivity (Wildman–Crippen MR) is 91.3 cm³/mol. The van der Waals surface area contributed by atoms with Crippen LogP contribution in [0.3, 0.4) is 0 Å². The SMILES string of the molecule is CCCCCCC(CCCCC)(CCCCC)S(=O)(=O)O. The quantitative estimate of drug-likeness (QED) is 0.328.